The van der Waals surface area contributed by atoms with E-state index >= 15 is 0 Å². The van der Waals surface area contributed by atoms with Gasteiger partial charge < -0.3 is 5.32 Å². The molecule has 1 atom stereocenters. The maximum atomic E-state index is 9.30. The zero-order chi connectivity index (χ0) is 28.3. The van der Waals surface area contributed by atoms with Crippen LogP contribution in [-0.4, -0.2) is 11.7 Å². The monoisotopic (exact) mass is 538 g/mol. The molecule has 1 aliphatic heterocycles. The number of hydrogen-bond donors (Lipinski definition) is 1. The van der Waals surface area contributed by atoms with Gasteiger partial charge in [-0.05, 0) is 62.9 Å². The average molecular weight is 539 g/mol. The highest BCUT2D eigenvalue weighted by atomic mass is 15.2. The van der Waals surface area contributed by atoms with Gasteiger partial charge in [-0.15, -0.1) is 0 Å². The van der Waals surface area contributed by atoms with E-state index in [1.807, 2.05) is 60.7 Å². The molecule has 198 valence electrons. The standard InChI is InChI=1S/C38H26N4/c39-25-26-15-17-27(18-16-26)34-23-32-13-7-8-14-33(32)24-35(34)28-19-21-31(22-20-28)38-41-36(29-9-3-1-4-10-29)40-37(42-38)30-11-5-2-6-12-30/h1-24,36H,(H,40,41,42). The Morgan fingerprint density at radius 2 is 1.07 bits per heavy atom. The van der Waals surface area contributed by atoms with Gasteiger partial charge in [0.25, 0.3) is 0 Å². The molecule has 0 bridgehead atoms. The summed E-state index contributed by atoms with van der Waals surface area (Å²) in [4.78, 5) is 9.97. The van der Waals surface area contributed by atoms with Crippen molar-refractivity contribution in [1.29, 1.82) is 5.26 Å². The van der Waals surface area contributed by atoms with E-state index in [0.717, 1.165) is 44.8 Å². The van der Waals surface area contributed by atoms with Crippen LogP contribution in [0.15, 0.2) is 156 Å². The molecule has 1 unspecified atom stereocenters. The fraction of sp³-hybridized carbons (Fsp3) is 0.0263. The van der Waals surface area contributed by atoms with Crippen LogP contribution in [0.4, 0.5) is 0 Å². The highest BCUT2D eigenvalue weighted by Crippen LogP contribution is 2.36. The van der Waals surface area contributed by atoms with Gasteiger partial charge in [0.2, 0.25) is 0 Å². The molecule has 6 aromatic carbocycles. The third kappa shape index (κ3) is 4.96. The SMILES string of the molecule is N#Cc1ccc(-c2cc3ccccc3cc2-c2ccc(C3=NC(c4ccccc4)NC(c4ccccc4)=N3)cc2)cc1. The van der Waals surface area contributed by atoms with Crippen molar-refractivity contribution in [2.24, 2.45) is 9.98 Å². The van der Waals surface area contributed by atoms with E-state index in [2.05, 4.69) is 96.3 Å². The van der Waals surface area contributed by atoms with Crippen LogP contribution in [0.25, 0.3) is 33.0 Å². The quantitative estimate of drug-likeness (QED) is 0.239. The number of nitrogens with zero attached hydrogens (tertiary/aromatic N) is 3. The van der Waals surface area contributed by atoms with Crippen molar-refractivity contribution in [3.63, 3.8) is 0 Å². The molecule has 4 heteroatoms. The summed E-state index contributed by atoms with van der Waals surface area (Å²) < 4.78 is 0. The molecule has 0 fully saturated rings. The van der Waals surface area contributed by atoms with Crippen molar-refractivity contribution < 1.29 is 0 Å². The second kappa shape index (κ2) is 11.0. The Hall–Kier alpha value is -5.79. The molecule has 1 aliphatic rings. The van der Waals surface area contributed by atoms with E-state index in [9.17, 15) is 5.26 Å². The molecule has 0 radical (unpaired) electrons. The predicted octanol–water partition coefficient (Wildman–Crippen LogP) is 8.54. The Morgan fingerprint density at radius 1 is 0.548 bits per heavy atom. The second-order valence-corrected chi connectivity index (χ2v) is 10.2. The van der Waals surface area contributed by atoms with Crippen LogP contribution in [0, 0.1) is 11.3 Å². The second-order valence-electron chi connectivity index (χ2n) is 10.2. The van der Waals surface area contributed by atoms with Crippen LogP contribution in [0.1, 0.15) is 28.4 Å². The molecule has 1 N–H and O–H groups in total. The number of nitriles is 1. The average Bonchev–Trinajstić information content (AvgIpc) is 3.08. The van der Waals surface area contributed by atoms with Crippen LogP contribution < -0.4 is 5.32 Å². The molecular formula is C38H26N4. The number of amidine groups is 2. The zero-order valence-corrected chi connectivity index (χ0v) is 22.8. The van der Waals surface area contributed by atoms with Crippen molar-refractivity contribution in [3.8, 4) is 28.3 Å². The molecule has 0 spiro atoms. The summed E-state index contributed by atoms with van der Waals surface area (Å²) in [5.41, 5.74) is 8.14. The predicted molar refractivity (Wildman–Crippen MR) is 171 cm³/mol. The number of fused-ring (bicyclic) bond motifs is 1. The van der Waals surface area contributed by atoms with Gasteiger partial charge in [0.05, 0.1) is 11.6 Å². The Bertz CT molecular complexity index is 1980. The number of rotatable bonds is 5. The van der Waals surface area contributed by atoms with Crippen molar-refractivity contribution in [3.05, 3.63) is 168 Å². The Labute approximate surface area is 245 Å². The lowest BCUT2D eigenvalue weighted by Crippen LogP contribution is -2.33. The van der Waals surface area contributed by atoms with Crippen LogP contribution in [0.2, 0.25) is 0 Å². The molecule has 1 heterocycles. The zero-order valence-electron chi connectivity index (χ0n) is 22.8. The molecule has 0 aromatic heterocycles. The summed E-state index contributed by atoms with van der Waals surface area (Å²) in [6.07, 6.45) is -0.239. The van der Waals surface area contributed by atoms with Gasteiger partial charge in [-0.25, -0.2) is 9.98 Å². The van der Waals surface area contributed by atoms with E-state index in [4.69, 9.17) is 9.98 Å². The number of benzene rings is 6. The fourth-order valence-electron chi connectivity index (χ4n) is 5.37. The van der Waals surface area contributed by atoms with E-state index < -0.39 is 0 Å². The van der Waals surface area contributed by atoms with Crippen molar-refractivity contribution >= 4 is 22.4 Å². The maximum Gasteiger partial charge on any atom is 0.159 e. The minimum atomic E-state index is -0.239. The van der Waals surface area contributed by atoms with Crippen molar-refractivity contribution in [2.45, 2.75) is 6.17 Å². The third-order valence-electron chi connectivity index (χ3n) is 7.57. The Balaban J connectivity index is 1.31. The molecular weight excluding hydrogens is 512 g/mol. The minimum Gasteiger partial charge on any atom is -0.344 e. The summed E-state index contributed by atoms with van der Waals surface area (Å²) in [6, 6.07) is 51.8. The number of hydrogen-bond acceptors (Lipinski definition) is 4. The lowest BCUT2D eigenvalue weighted by Gasteiger charge is -2.23. The van der Waals surface area contributed by atoms with Gasteiger partial charge in [-0.1, -0.05) is 121 Å². The summed E-state index contributed by atoms with van der Waals surface area (Å²) in [5.74, 6) is 1.50. The van der Waals surface area contributed by atoms with Gasteiger partial charge in [0.1, 0.15) is 12.0 Å². The summed E-state index contributed by atoms with van der Waals surface area (Å²) in [6.45, 7) is 0. The van der Waals surface area contributed by atoms with Crippen LogP contribution >= 0.6 is 0 Å². The topological polar surface area (TPSA) is 60.5 Å². The molecule has 6 aromatic rings. The molecule has 4 nitrogen and oxygen atoms in total. The lowest BCUT2D eigenvalue weighted by molar-refractivity contribution is 0.674. The minimum absolute atomic E-state index is 0.239. The van der Waals surface area contributed by atoms with E-state index in [0.29, 0.717) is 11.4 Å². The first-order valence-corrected chi connectivity index (χ1v) is 13.9. The molecule has 0 aliphatic carbocycles. The number of nitrogens with one attached hydrogen (secondary N) is 1. The summed E-state index contributed by atoms with van der Waals surface area (Å²) in [5, 5.41) is 15.2. The highest BCUT2D eigenvalue weighted by molar-refractivity contribution is 6.13. The number of aliphatic imine (C=N–C) groups is 2. The summed E-state index contributed by atoms with van der Waals surface area (Å²) >= 11 is 0. The third-order valence-corrected chi connectivity index (χ3v) is 7.57. The molecule has 7 rings (SSSR count). The maximum absolute atomic E-state index is 9.30. The van der Waals surface area contributed by atoms with Gasteiger partial charge in [0.15, 0.2) is 5.84 Å². The molecule has 0 amide bonds. The normalized spacial score (nSPS) is 14.4. The summed E-state index contributed by atoms with van der Waals surface area (Å²) in [7, 11) is 0. The first-order valence-electron chi connectivity index (χ1n) is 13.9. The van der Waals surface area contributed by atoms with Gasteiger partial charge in [0, 0.05) is 11.1 Å². The van der Waals surface area contributed by atoms with Gasteiger partial charge in [-0.2, -0.15) is 5.26 Å². The largest absolute Gasteiger partial charge is 0.344 e. The van der Waals surface area contributed by atoms with Crippen LogP contribution in [0.3, 0.4) is 0 Å². The molecule has 42 heavy (non-hydrogen) atoms. The van der Waals surface area contributed by atoms with Crippen molar-refractivity contribution in [2.75, 3.05) is 0 Å². The lowest BCUT2D eigenvalue weighted by atomic mass is 9.91. The first-order chi connectivity index (χ1) is 20.7. The fourth-order valence-corrected chi connectivity index (χ4v) is 5.37. The highest BCUT2D eigenvalue weighted by Gasteiger charge is 2.21. The Kier molecular flexibility index (Phi) is 6.60. The first kappa shape index (κ1) is 25.2. The van der Waals surface area contributed by atoms with E-state index in [-0.39, 0.29) is 6.17 Å². The van der Waals surface area contributed by atoms with Crippen molar-refractivity contribution in [1.82, 2.24) is 5.32 Å². The molecule has 0 saturated carbocycles. The van der Waals surface area contributed by atoms with Gasteiger partial charge >= 0.3 is 0 Å². The van der Waals surface area contributed by atoms with Crippen LogP contribution in [0.5, 0.6) is 0 Å². The van der Waals surface area contributed by atoms with Crippen LogP contribution in [-0.2, 0) is 0 Å². The Morgan fingerprint density at radius 3 is 1.67 bits per heavy atom. The van der Waals surface area contributed by atoms with E-state index in [1.165, 1.54) is 10.8 Å². The molecule has 0 saturated heterocycles. The van der Waals surface area contributed by atoms with E-state index in [1.54, 1.807) is 0 Å². The smallest absolute Gasteiger partial charge is 0.159 e. The van der Waals surface area contributed by atoms with Gasteiger partial charge in [-0.3, -0.25) is 0 Å².